The number of halogens is 1. The number of carbonyl (C=O) groups is 2. The summed E-state index contributed by atoms with van der Waals surface area (Å²) in [6.45, 7) is 4.24. The first kappa shape index (κ1) is 24.7. The summed E-state index contributed by atoms with van der Waals surface area (Å²) in [5.41, 5.74) is 2.82. The van der Waals surface area contributed by atoms with Crippen molar-refractivity contribution in [2.24, 2.45) is 7.05 Å². The van der Waals surface area contributed by atoms with Gasteiger partial charge in [-0.3, -0.25) is 9.48 Å². The first-order chi connectivity index (χ1) is 17.3. The molecule has 3 aliphatic rings. The first-order valence-corrected chi connectivity index (χ1v) is 13.0. The fraction of sp³-hybridized carbons (Fsp3) is 0.593. The summed E-state index contributed by atoms with van der Waals surface area (Å²) >= 11 is 0. The number of hydrogen-bond donors (Lipinski definition) is 1. The highest BCUT2D eigenvalue weighted by molar-refractivity contribution is 6.06. The molecule has 2 atom stereocenters. The maximum atomic E-state index is 14.4. The van der Waals surface area contributed by atoms with Crippen LogP contribution in [0.5, 0.6) is 0 Å². The predicted molar refractivity (Wildman–Crippen MR) is 135 cm³/mol. The Kier molecular flexibility index (Phi) is 6.76. The number of ether oxygens (including phenoxy) is 1. The van der Waals surface area contributed by atoms with E-state index in [4.69, 9.17) is 4.74 Å². The van der Waals surface area contributed by atoms with Crippen molar-refractivity contribution < 1.29 is 18.7 Å². The molecule has 1 aromatic heterocycles. The molecule has 5 rings (SSSR count). The quantitative estimate of drug-likeness (QED) is 0.651. The largest absolute Gasteiger partial charge is 0.453 e. The molecule has 2 aliphatic heterocycles. The molecule has 194 valence electrons. The van der Waals surface area contributed by atoms with Gasteiger partial charge < -0.3 is 19.9 Å². The van der Waals surface area contributed by atoms with E-state index in [9.17, 15) is 14.0 Å². The molecule has 2 fully saturated rings. The van der Waals surface area contributed by atoms with Crippen LogP contribution in [0.4, 0.5) is 14.9 Å². The summed E-state index contributed by atoms with van der Waals surface area (Å²) in [6.07, 6.45) is 6.60. The minimum atomic E-state index is -0.365. The Morgan fingerprint density at radius 1 is 1.17 bits per heavy atom. The SMILES string of the molecule is COC(=O)NC1CCCCC(N2CCC3(CC2)CN(C(=O)c2cc(C)n(C)n2)c2ccc(F)cc23)C1. The van der Waals surface area contributed by atoms with Crippen LogP contribution in [-0.2, 0) is 17.2 Å². The van der Waals surface area contributed by atoms with Crippen LogP contribution >= 0.6 is 0 Å². The monoisotopic (exact) mass is 497 g/mol. The number of piperidine rings is 1. The zero-order chi connectivity index (χ0) is 25.4. The van der Waals surface area contributed by atoms with Crippen molar-refractivity contribution in [2.75, 3.05) is 31.6 Å². The maximum absolute atomic E-state index is 14.4. The van der Waals surface area contributed by atoms with Gasteiger partial charge in [0, 0.05) is 42.5 Å². The normalized spacial score (nSPS) is 23.8. The molecule has 1 spiro atoms. The zero-order valence-electron chi connectivity index (χ0n) is 21.4. The lowest BCUT2D eigenvalue weighted by molar-refractivity contribution is 0.0933. The minimum Gasteiger partial charge on any atom is -0.453 e. The molecule has 3 heterocycles. The molecule has 36 heavy (non-hydrogen) atoms. The fourth-order valence-corrected chi connectivity index (χ4v) is 6.39. The van der Waals surface area contributed by atoms with E-state index in [0.29, 0.717) is 18.3 Å². The van der Waals surface area contributed by atoms with Gasteiger partial charge in [-0.05, 0) is 81.9 Å². The van der Waals surface area contributed by atoms with Gasteiger partial charge in [-0.1, -0.05) is 12.8 Å². The summed E-state index contributed by atoms with van der Waals surface area (Å²) in [5, 5.41) is 7.40. The van der Waals surface area contributed by atoms with E-state index in [0.717, 1.165) is 75.0 Å². The van der Waals surface area contributed by atoms with Crippen molar-refractivity contribution in [3.63, 3.8) is 0 Å². The third-order valence-corrected chi connectivity index (χ3v) is 8.54. The van der Waals surface area contributed by atoms with E-state index in [1.807, 2.05) is 20.0 Å². The highest BCUT2D eigenvalue weighted by atomic mass is 19.1. The van der Waals surface area contributed by atoms with Gasteiger partial charge in [-0.2, -0.15) is 5.10 Å². The van der Waals surface area contributed by atoms with Crippen molar-refractivity contribution in [1.82, 2.24) is 20.0 Å². The number of nitrogens with zero attached hydrogens (tertiary/aromatic N) is 4. The van der Waals surface area contributed by atoms with Crippen molar-refractivity contribution in [3.05, 3.63) is 47.0 Å². The molecule has 2 amide bonds. The Balaban J connectivity index is 1.33. The number of aromatic nitrogens is 2. The van der Waals surface area contributed by atoms with E-state index in [2.05, 4.69) is 15.3 Å². The Morgan fingerprint density at radius 3 is 2.61 bits per heavy atom. The lowest BCUT2D eigenvalue weighted by Gasteiger charge is -2.43. The van der Waals surface area contributed by atoms with Gasteiger partial charge in [0.2, 0.25) is 0 Å². The van der Waals surface area contributed by atoms with E-state index < -0.39 is 0 Å². The van der Waals surface area contributed by atoms with E-state index in [-0.39, 0.29) is 29.3 Å². The number of amides is 2. The lowest BCUT2D eigenvalue weighted by Crippen LogP contribution is -2.50. The van der Waals surface area contributed by atoms with E-state index >= 15 is 0 Å². The smallest absolute Gasteiger partial charge is 0.407 e. The van der Waals surface area contributed by atoms with E-state index in [1.165, 1.54) is 13.2 Å². The Bertz CT molecular complexity index is 1120. The highest BCUT2D eigenvalue weighted by Crippen LogP contribution is 2.48. The van der Waals surface area contributed by atoms with Crippen molar-refractivity contribution >= 4 is 17.7 Å². The van der Waals surface area contributed by atoms with E-state index in [1.54, 1.807) is 21.7 Å². The third kappa shape index (κ3) is 4.61. The van der Waals surface area contributed by atoms with Gasteiger partial charge in [0.05, 0.1) is 7.11 Å². The average Bonchev–Trinajstić information content (AvgIpc) is 3.25. The fourth-order valence-electron chi connectivity index (χ4n) is 6.39. The van der Waals surface area contributed by atoms with Crippen LogP contribution in [0.25, 0.3) is 0 Å². The minimum absolute atomic E-state index is 0.122. The van der Waals surface area contributed by atoms with Crippen LogP contribution in [-0.4, -0.2) is 65.5 Å². The van der Waals surface area contributed by atoms with Gasteiger partial charge in [-0.25, -0.2) is 9.18 Å². The molecular weight excluding hydrogens is 461 g/mol. The van der Waals surface area contributed by atoms with Gasteiger partial charge in [0.1, 0.15) is 5.82 Å². The first-order valence-electron chi connectivity index (χ1n) is 13.0. The van der Waals surface area contributed by atoms with Gasteiger partial charge >= 0.3 is 6.09 Å². The second-order valence-corrected chi connectivity index (χ2v) is 10.7. The van der Waals surface area contributed by atoms with Crippen molar-refractivity contribution in [2.45, 2.75) is 69.4 Å². The number of hydrogen-bond acceptors (Lipinski definition) is 5. The maximum Gasteiger partial charge on any atom is 0.407 e. The predicted octanol–water partition coefficient (Wildman–Crippen LogP) is 3.92. The van der Waals surface area contributed by atoms with Gasteiger partial charge in [-0.15, -0.1) is 0 Å². The molecular formula is C27H36FN5O3. The molecule has 1 aromatic carbocycles. The number of alkyl carbamates (subject to hydrolysis) is 1. The molecule has 8 nitrogen and oxygen atoms in total. The number of methoxy groups -OCH3 is 1. The Hall–Kier alpha value is -2.94. The summed E-state index contributed by atoms with van der Waals surface area (Å²) in [7, 11) is 3.23. The molecule has 1 saturated carbocycles. The van der Waals surface area contributed by atoms with Crippen LogP contribution in [0.2, 0.25) is 0 Å². The number of fused-ring (bicyclic) bond motifs is 2. The number of nitrogens with one attached hydrogen (secondary N) is 1. The topological polar surface area (TPSA) is 79.7 Å². The standard InChI is InChI=1S/C27H36FN5O3/c1-18-14-23(30-31(18)2)25(34)33-17-27(22-15-19(28)8-9-24(22)33)10-12-32(13-11-27)21-7-5-4-6-20(16-21)29-26(35)36-3/h8-9,14-15,20-21H,4-7,10-13,16-17H2,1-3H3,(H,29,35). The number of carbonyl (C=O) groups excluding carboxylic acids is 2. The number of likely N-dealkylation sites (tertiary alicyclic amines) is 1. The summed E-state index contributed by atoms with van der Waals surface area (Å²) in [6, 6.07) is 7.14. The van der Waals surface area contributed by atoms with Gasteiger partial charge in [0.15, 0.2) is 5.69 Å². The number of aryl methyl sites for hydroxylation is 2. The van der Waals surface area contributed by atoms with Crippen molar-refractivity contribution in [3.8, 4) is 0 Å². The third-order valence-electron chi connectivity index (χ3n) is 8.54. The van der Waals surface area contributed by atoms with Crippen LogP contribution in [0, 0.1) is 12.7 Å². The second-order valence-electron chi connectivity index (χ2n) is 10.7. The lowest BCUT2D eigenvalue weighted by atomic mass is 9.74. The Labute approximate surface area is 211 Å². The number of anilines is 1. The summed E-state index contributed by atoms with van der Waals surface area (Å²) < 4.78 is 20.9. The average molecular weight is 498 g/mol. The molecule has 1 saturated heterocycles. The molecule has 0 radical (unpaired) electrons. The van der Waals surface area contributed by atoms with Crippen LogP contribution < -0.4 is 10.2 Å². The Morgan fingerprint density at radius 2 is 1.92 bits per heavy atom. The van der Waals surface area contributed by atoms with Gasteiger partial charge in [0.25, 0.3) is 5.91 Å². The number of benzene rings is 1. The summed E-state index contributed by atoms with van der Waals surface area (Å²) in [4.78, 5) is 29.6. The zero-order valence-corrected chi connectivity index (χ0v) is 21.4. The summed E-state index contributed by atoms with van der Waals surface area (Å²) in [5.74, 6) is -0.398. The van der Waals surface area contributed by atoms with Crippen LogP contribution in [0.1, 0.15) is 66.7 Å². The van der Waals surface area contributed by atoms with Crippen LogP contribution in [0.15, 0.2) is 24.3 Å². The van der Waals surface area contributed by atoms with Crippen LogP contribution in [0.3, 0.4) is 0 Å². The molecule has 2 aromatic rings. The second kappa shape index (κ2) is 9.84. The molecule has 0 bridgehead atoms. The molecule has 1 aliphatic carbocycles. The molecule has 9 heteroatoms. The van der Waals surface area contributed by atoms with Crippen molar-refractivity contribution in [1.29, 1.82) is 0 Å². The highest BCUT2D eigenvalue weighted by Gasteiger charge is 2.47. The molecule has 1 N–H and O–H groups in total. The molecule has 2 unspecified atom stereocenters. The number of rotatable bonds is 3.